The molecule has 2 N–H and O–H groups in total. The number of aromatic carboxylic acids is 1. The fourth-order valence-electron chi connectivity index (χ4n) is 1.62. The summed E-state index contributed by atoms with van der Waals surface area (Å²) in [5.41, 5.74) is 1.19. The van der Waals surface area contributed by atoms with Crippen LogP contribution in [0.25, 0.3) is 11.1 Å². The molecule has 0 aliphatic carbocycles. The van der Waals surface area contributed by atoms with Crippen LogP contribution in [0.4, 0.5) is 11.1 Å². The molecule has 3 aromatic rings. The van der Waals surface area contributed by atoms with Crippen LogP contribution >= 0.6 is 11.3 Å². The number of anilines is 2. The fourth-order valence-corrected chi connectivity index (χ4v) is 2.27. The van der Waals surface area contributed by atoms with Crippen molar-refractivity contribution in [2.45, 2.75) is 6.92 Å². The summed E-state index contributed by atoms with van der Waals surface area (Å²) in [7, 11) is 0. The minimum atomic E-state index is -0.997. The lowest BCUT2D eigenvalue weighted by molar-refractivity contribution is 0.0697. The number of nitrogens with zero attached hydrogens (tertiary/aromatic N) is 2. The van der Waals surface area contributed by atoms with Crippen LogP contribution in [0.2, 0.25) is 0 Å². The second-order valence-electron chi connectivity index (χ2n) is 3.91. The molecule has 0 unspecified atom stereocenters. The van der Waals surface area contributed by atoms with Gasteiger partial charge in [0.25, 0.3) is 0 Å². The molecule has 0 atom stereocenters. The van der Waals surface area contributed by atoms with Crippen molar-refractivity contribution in [3.05, 3.63) is 34.8 Å². The van der Waals surface area contributed by atoms with E-state index in [9.17, 15) is 4.79 Å². The Morgan fingerprint density at radius 1 is 1.47 bits per heavy atom. The van der Waals surface area contributed by atoms with Gasteiger partial charge < -0.3 is 9.52 Å². The number of benzene rings is 1. The maximum atomic E-state index is 10.9. The lowest BCUT2D eigenvalue weighted by atomic mass is 10.2. The highest BCUT2D eigenvalue weighted by molar-refractivity contribution is 7.15. The molecule has 96 valence electrons. The molecule has 2 aromatic heterocycles. The Morgan fingerprint density at radius 3 is 3.00 bits per heavy atom. The zero-order chi connectivity index (χ0) is 13.4. The van der Waals surface area contributed by atoms with Crippen LogP contribution in [-0.2, 0) is 0 Å². The van der Waals surface area contributed by atoms with Crippen LogP contribution in [0, 0.1) is 6.92 Å². The van der Waals surface area contributed by atoms with Gasteiger partial charge in [0.15, 0.2) is 10.7 Å². The van der Waals surface area contributed by atoms with Gasteiger partial charge in [0.05, 0.1) is 5.56 Å². The second kappa shape index (κ2) is 4.36. The molecule has 0 aliphatic heterocycles. The third kappa shape index (κ3) is 2.27. The molecule has 0 fully saturated rings. The Morgan fingerprint density at radius 2 is 2.32 bits per heavy atom. The van der Waals surface area contributed by atoms with Crippen LogP contribution < -0.4 is 5.32 Å². The highest BCUT2D eigenvalue weighted by atomic mass is 32.1. The fraction of sp³-hybridized carbons (Fsp3) is 0.0833. The first kappa shape index (κ1) is 11.7. The summed E-state index contributed by atoms with van der Waals surface area (Å²) in [5, 5.41) is 12.5. The van der Waals surface area contributed by atoms with Crippen LogP contribution in [0.1, 0.15) is 15.2 Å². The van der Waals surface area contributed by atoms with Crippen molar-refractivity contribution in [2.75, 3.05) is 5.32 Å². The summed E-state index contributed by atoms with van der Waals surface area (Å²) in [4.78, 5) is 20.3. The van der Waals surface area contributed by atoms with E-state index >= 15 is 0 Å². The summed E-state index contributed by atoms with van der Waals surface area (Å²) in [6.07, 6.45) is 1.75. The second-order valence-corrected chi connectivity index (χ2v) is 5.14. The molecule has 0 saturated carbocycles. The van der Waals surface area contributed by atoms with E-state index in [0.29, 0.717) is 22.2 Å². The van der Waals surface area contributed by atoms with E-state index in [2.05, 4.69) is 15.3 Å². The number of nitrogens with one attached hydrogen (secondary N) is 1. The third-order valence-electron chi connectivity index (χ3n) is 2.47. The van der Waals surface area contributed by atoms with E-state index in [4.69, 9.17) is 9.52 Å². The molecule has 0 amide bonds. The Labute approximate surface area is 111 Å². The number of aromatic nitrogens is 2. The van der Waals surface area contributed by atoms with Gasteiger partial charge in [-0.05, 0) is 25.1 Å². The number of thiazole rings is 1. The number of carboxylic acids is 1. The first-order valence-electron chi connectivity index (χ1n) is 5.45. The van der Waals surface area contributed by atoms with Gasteiger partial charge in [-0.3, -0.25) is 5.32 Å². The average molecular weight is 275 g/mol. The van der Waals surface area contributed by atoms with E-state index in [-0.39, 0.29) is 5.56 Å². The predicted octanol–water partition coefficient (Wildman–Crippen LogP) is 3.03. The van der Waals surface area contributed by atoms with Gasteiger partial charge in [-0.15, -0.1) is 11.3 Å². The molecule has 7 heteroatoms. The number of oxazole rings is 1. The van der Waals surface area contributed by atoms with Crippen LogP contribution in [-0.4, -0.2) is 21.0 Å². The number of aryl methyl sites for hydroxylation is 1. The van der Waals surface area contributed by atoms with Gasteiger partial charge in [0.1, 0.15) is 5.52 Å². The molecule has 0 radical (unpaired) electrons. The van der Waals surface area contributed by atoms with Gasteiger partial charge in [0.2, 0.25) is 0 Å². The minimum Gasteiger partial charge on any atom is -0.478 e. The van der Waals surface area contributed by atoms with E-state index in [1.807, 2.05) is 6.92 Å². The summed E-state index contributed by atoms with van der Waals surface area (Å²) >= 11 is 1.48. The normalized spacial score (nSPS) is 10.8. The molecule has 0 spiro atoms. The van der Waals surface area contributed by atoms with Crippen LogP contribution in [0.5, 0.6) is 0 Å². The Kier molecular flexibility index (Phi) is 2.68. The molecular formula is C12H9N3O3S. The van der Waals surface area contributed by atoms with Gasteiger partial charge in [-0.1, -0.05) is 0 Å². The Balaban J connectivity index is 1.95. The lowest BCUT2D eigenvalue weighted by Gasteiger charge is -1.93. The van der Waals surface area contributed by atoms with Crippen molar-refractivity contribution in [1.82, 2.24) is 9.97 Å². The van der Waals surface area contributed by atoms with Gasteiger partial charge in [0, 0.05) is 11.1 Å². The molecule has 0 bridgehead atoms. The van der Waals surface area contributed by atoms with Gasteiger partial charge in [-0.25, -0.2) is 9.78 Å². The smallest absolute Gasteiger partial charge is 0.335 e. The first-order chi connectivity index (χ1) is 9.11. The van der Waals surface area contributed by atoms with Crippen molar-refractivity contribution in [3.63, 3.8) is 0 Å². The zero-order valence-corrected chi connectivity index (χ0v) is 10.7. The maximum absolute atomic E-state index is 10.9. The van der Waals surface area contributed by atoms with Crippen molar-refractivity contribution in [2.24, 2.45) is 0 Å². The Hall–Kier alpha value is -2.41. The highest BCUT2D eigenvalue weighted by Gasteiger charge is 2.10. The SMILES string of the molecule is Cc1cnc(Nc2nc3ccc(C(=O)O)cc3o2)s1. The van der Waals surface area contributed by atoms with Crippen molar-refractivity contribution < 1.29 is 14.3 Å². The highest BCUT2D eigenvalue weighted by Crippen LogP contribution is 2.25. The molecule has 0 saturated heterocycles. The number of fused-ring (bicyclic) bond motifs is 1. The molecule has 19 heavy (non-hydrogen) atoms. The molecule has 6 nitrogen and oxygen atoms in total. The Bertz CT molecular complexity index is 763. The first-order valence-corrected chi connectivity index (χ1v) is 6.27. The van der Waals surface area contributed by atoms with Crippen molar-refractivity contribution in [3.8, 4) is 0 Å². The molecule has 2 heterocycles. The molecule has 3 rings (SSSR count). The summed E-state index contributed by atoms with van der Waals surface area (Å²) in [5.74, 6) is -0.997. The van der Waals surface area contributed by atoms with Gasteiger partial charge in [-0.2, -0.15) is 4.98 Å². The van der Waals surface area contributed by atoms with Gasteiger partial charge >= 0.3 is 12.0 Å². The van der Waals surface area contributed by atoms with E-state index < -0.39 is 5.97 Å². The van der Waals surface area contributed by atoms with E-state index in [1.54, 1.807) is 12.3 Å². The van der Waals surface area contributed by atoms with E-state index in [1.165, 1.54) is 23.5 Å². The number of hydrogen-bond acceptors (Lipinski definition) is 6. The number of carboxylic acid groups (broad SMARTS) is 1. The number of rotatable bonds is 3. The topological polar surface area (TPSA) is 88.2 Å². The predicted molar refractivity (Wildman–Crippen MR) is 71.1 cm³/mol. The minimum absolute atomic E-state index is 0.167. The summed E-state index contributed by atoms with van der Waals surface area (Å²) in [6, 6.07) is 4.85. The van der Waals surface area contributed by atoms with Crippen molar-refractivity contribution in [1.29, 1.82) is 0 Å². The number of carbonyl (C=O) groups is 1. The largest absolute Gasteiger partial charge is 0.478 e. The lowest BCUT2D eigenvalue weighted by Crippen LogP contribution is -1.94. The zero-order valence-electron chi connectivity index (χ0n) is 9.88. The number of hydrogen-bond donors (Lipinski definition) is 2. The van der Waals surface area contributed by atoms with E-state index in [0.717, 1.165) is 4.88 Å². The standard InChI is InChI=1S/C12H9N3O3S/c1-6-5-13-12(19-6)15-11-14-8-3-2-7(10(16)17)4-9(8)18-11/h2-5H,1H3,(H,16,17)(H,13,14,15). The monoisotopic (exact) mass is 275 g/mol. The molecule has 0 aliphatic rings. The van der Waals surface area contributed by atoms with Crippen LogP contribution in [0.3, 0.4) is 0 Å². The third-order valence-corrected chi connectivity index (χ3v) is 3.30. The quantitative estimate of drug-likeness (QED) is 0.763. The molecule has 1 aromatic carbocycles. The summed E-state index contributed by atoms with van der Waals surface area (Å²) < 4.78 is 5.45. The molecular weight excluding hydrogens is 266 g/mol. The van der Waals surface area contributed by atoms with Crippen LogP contribution in [0.15, 0.2) is 28.8 Å². The average Bonchev–Trinajstić information content (AvgIpc) is 2.94. The summed E-state index contributed by atoms with van der Waals surface area (Å²) in [6.45, 7) is 1.95. The maximum Gasteiger partial charge on any atom is 0.335 e. The van der Waals surface area contributed by atoms with Crippen molar-refractivity contribution >= 4 is 39.6 Å².